The number of nitrogens with two attached hydrogens (primary N) is 1. The number of hydrogen-bond donors (Lipinski definition) is 1. The van der Waals surface area contributed by atoms with Gasteiger partial charge in [0, 0.05) is 11.8 Å². The van der Waals surface area contributed by atoms with E-state index in [9.17, 15) is 0 Å². The highest BCUT2D eigenvalue weighted by atomic mass is 35.5. The molecule has 0 saturated carbocycles. The number of imidazole rings is 1. The minimum atomic E-state index is 0.492. The van der Waals surface area contributed by atoms with Gasteiger partial charge in [0.1, 0.15) is 17.2 Å². The number of hydrogen-bond acceptors (Lipinski definition) is 2. The van der Waals surface area contributed by atoms with E-state index >= 15 is 0 Å². The van der Waals surface area contributed by atoms with Gasteiger partial charge in [-0.15, -0.1) is 0 Å². The van der Waals surface area contributed by atoms with Crippen LogP contribution in [0.15, 0.2) is 36.5 Å². The van der Waals surface area contributed by atoms with Crippen molar-refractivity contribution in [2.45, 2.75) is 6.92 Å². The smallest absolute Gasteiger partial charge is 0.139 e. The van der Waals surface area contributed by atoms with Crippen LogP contribution in [-0.4, -0.2) is 9.38 Å². The summed E-state index contributed by atoms with van der Waals surface area (Å²) in [6.07, 6.45) is 1.96. The van der Waals surface area contributed by atoms with Gasteiger partial charge < -0.3 is 5.73 Å². The Balaban J connectivity index is 2.24. The molecule has 0 bridgehead atoms. The maximum absolute atomic E-state index is 6.15. The van der Waals surface area contributed by atoms with Crippen molar-refractivity contribution in [1.82, 2.24) is 9.38 Å². The second-order valence-corrected chi connectivity index (χ2v) is 5.22. The number of aryl methyl sites for hydroxylation is 1. The molecule has 0 saturated heterocycles. The van der Waals surface area contributed by atoms with E-state index in [1.807, 2.05) is 35.7 Å². The zero-order chi connectivity index (χ0) is 13.6. The summed E-state index contributed by atoms with van der Waals surface area (Å²) in [4.78, 5) is 4.53. The molecular formula is C14H11Cl2N3. The molecular weight excluding hydrogens is 281 g/mol. The number of aromatic nitrogens is 2. The molecule has 0 fully saturated rings. The highest BCUT2D eigenvalue weighted by Crippen LogP contribution is 2.31. The minimum Gasteiger partial charge on any atom is -0.383 e. The third kappa shape index (κ3) is 2.05. The van der Waals surface area contributed by atoms with Crippen LogP contribution in [0.5, 0.6) is 0 Å². The Hall–Kier alpha value is -1.71. The molecule has 0 spiro atoms. The molecule has 19 heavy (non-hydrogen) atoms. The Kier molecular flexibility index (Phi) is 2.88. The zero-order valence-electron chi connectivity index (χ0n) is 10.2. The monoisotopic (exact) mass is 291 g/mol. The number of nitrogen functional groups attached to an aromatic ring is 1. The Morgan fingerprint density at radius 1 is 1.11 bits per heavy atom. The predicted octanol–water partition coefficient (Wildman–Crippen LogP) is 4.20. The maximum atomic E-state index is 6.15. The third-order valence-electron chi connectivity index (χ3n) is 3.00. The molecule has 0 radical (unpaired) electrons. The summed E-state index contributed by atoms with van der Waals surface area (Å²) in [6, 6.07) is 9.31. The number of fused-ring (bicyclic) bond motifs is 1. The molecule has 0 amide bonds. The van der Waals surface area contributed by atoms with Gasteiger partial charge in [0.25, 0.3) is 0 Å². The predicted molar refractivity (Wildman–Crippen MR) is 79.8 cm³/mol. The highest BCUT2D eigenvalue weighted by molar-refractivity contribution is 6.42. The Morgan fingerprint density at radius 3 is 2.63 bits per heavy atom. The first-order valence-electron chi connectivity index (χ1n) is 5.76. The van der Waals surface area contributed by atoms with Crippen molar-refractivity contribution in [3.63, 3.8) is 0 Å². The van der Waals surface area contributed by atoms with Crippen LogP contribution in [0.3, 0.4) is 0 Å². The summed E-state index contributed by atoms with van der Waals surface area (Å²) in [5.41, 5.74) is 9.65. The van der Waals surface area contributed by atoms with E-state index in [0.717, 1.165) is 16.8 Å². The number of benzene rings is 1. The van der Waals surface area contributed by atoms with E-state index in [1.165, 1.54) is 0 Å². The van der Waals surface area contributed by atoms with Crippen molar-refractivity contribution >= 4 is 34.7 Å². The third-order valence-corrected chi connectivity index (χ3v) is 3.74. The van der Waals surface area contributed by atoms with Crippen LogP contribution in [0.4, 0.5) is 5.82 Å². The molecule has 3 aromatic rings. The van der Waals surface area contributed by atoms with Crippen molar-refractivity contribution < 1.29 is 0 Å². The second kappa shape index (κ2) is 4.44. The van der Waals surface area contributed by atoms with Crippen molar-refractivity contribution in [2.24, 2.45) is 0 Å². The number of nitrogens with zero attached hydrogens (tertiary/aromatic N) is 2. The van der Waals surface area contributed by atoms with Crippen LogP contribution in [0, 0.1) is 6.92 Å². The summed E-state index contributed by atoms with van der Waals surface area (Å²) in [7, 11) is 0. The number of pyridine rings is 1. The van der Waals surface area contributed by atoms with E-state index in [2.05, 4.69) is 4.98 Å². The van der Waals surface area contributed by atoms with Crippen LogP contribution < -0.4 is 5.73 Å². The first-order valence-corrected chi connectivity index (χ1v) is 6.51. The average molecular weight is 292 g/mol. The highest BCUT2D eigenvalue weighted by Gasteiger charge is 2.12. The van der Waals surface area contributed by atoms with E-state index in [1.54, 1.807) is 12.1 Å². The van der Waals surface area contributed by atoms with Crippen molar-refractivity contribution in [3.05, 3.63) is 52.1 Å². The number of rotatable bonds is 1. The van der Waals surface area contributed by atoms with Gasteiger partial charge in [0.2, 0.25) is 0 Å². The molecule has 5 heteroatoms. The Labute approximate surface area is 120 Å². The van der Waals surface area contributed by atoms with Gasteiger partial charge in [0.15, 0.2) is 0 Å². The van der Waals surface area contributed by atoms with Gasteiger partial charge in [-0.05, 0) is 30.7 Å². The maximum Gasteiger partial charge on any atom is 0.139 e. The summed E-state index contributed by atoms with van der Waals surface area (Å²) in [5, 5.41) is 1.01. The lowest BCUT2D eigenvalue weighted by Crippen LogP contribution is -1.94. The van der Waals surface area contributed by atoms with E-state index in [-0.39, 0.29) is 0 Å². The normalized spacial score (nSPS) is 11.1. The molecule has 0 aliphatic carbocycles. The van der Waals surface area contributed by atoms with Crippen LogP contribution in [0.25, 0.3) is 16.9 Å². The first kappa shape index (κ1) is 12.3. The van der Waals surface area contributed by atoms with Crippen molar-refractivity contribution in [2.75, 3.05) is 5.73 Å². The molecule has 0 atom stereocenters. The first-order chi connectivity index (χ1) is 9.06. The van der Waals surface area contributed by atoms with Crippen LogP contribution in [0.1, 0.15) is 5.56 Å². The fraction of sp³-hybridized carbons (Fsp3) is 0.0714. The fourth-order valence-electron chi connectivity index (χ4n) is 2.02. The summed E-state index contributed by atoms with van der Waals surface area (Å²) < 4.78 is 1.87. The molecule has 0 aliphatic rings. The molecule has 2 heterocycles. The molecule has 96 valence electrons. The lowest BCUT2D eigenvalue weighted by Gasteiger charge is -2.02. The Morgan fingerprint density at radius 2 is 1.89 bits per heavy atom. The van der Waals surface area contributed by atoms with Gasteiger partial charge in [-0.25, -0.2) is 4.98 Å². The van der Waals surface area contributed by atoms with Gasteiger partial charge in [-0.2, -0.15) is 0 Å². The fourth-order valence-corrected chi connectivity index (χ4v) is 2.32. The molecule has 0 aliphatic heterocycles. The van der Waals surface area contributed by atoms with Crippen molar-refractivity contribution in [3.8, 4) is 11.3 Å². The van der Waals surface area contributed by atoms with Gasteiger partial charge in [-0.1, -0.05) is 35.3 Å². The van der Waals surface area contributed by atoms with Crippen LogP contribution >= 0.6 is 23.2 Å². The summed E-state index contributed by atoms with van der Waals surface area (Å²) in [5.74, 6) is 0.595. The minimum absolute atomic E-state index is 0.492. The van der Waals surface area contributed by atoms with Gasteiger partial charge in [-0.3, -0.25) is 4.40 Å². The standard InChI is InChI=1S/C14H11Cl2N3/c1-8-2-5-12-18-13(14(17)19(12)7-8)9-3-4-10(15)11(16)6-9/h2-7H,17H2,1H3. The van der Waals surface area contributed by atoms with Crippen LogP contribution in [-0.2, 0) is 0 Å². The number of anilines is 1. The van der Waals surface area contributed by atoms with E-state index in [4.69, 9.17) is 28.9 Å². The molecule has 3 nitrogen and oxygen atoms in total. The van der Waals surface area contributed by atoms with Gasteiger partial charge >= 0.3 is 0 Å². The SMILES string of the molecule is Cc1ccc2nc(-c3ccc(Cl)c(Cl)c3)c(N)n2c1. The molecule has 3 rings (SSSR count). The average Bonchev–Trinajstić information content (AvgIpc) is 2.70. The summed E-state index contributed by atoms with van der Waals surface area (Å²) in [6.45, 7) is 2.01. The zero-order valence-corrected chi connectivity index (χ0v) is 11.7. The molecule has 1 aromatic carbocycles. The van der Waals surface area contributed by atoms with Crippen molar-refractivity contribution in [1.29, 1.82) is 0 Å². The van der Waals surface area contributed by atoms with E-state index in [0.29, 0.717) is 21.6 Å². The Bertz CT molecular complexity index is 778. The summed E-state index contributed by atoms with van der Waals surface area (Å²) >= 11 is 12.0. The lowest BCUT2D eigenvalue weighted by atomic mass is 10.1. The lowest BCUT2D eigenvalue weighted by molar-refractivity contribution is 1.16. The molecule has 2 aromatic heterocycles. The molecule has 2 N–H and O–H groups in total. The largest absolute Gasteiger partial charge is 0.383 e. The molecule has 0 unspecified atom stereocenters. The quantitative estimate of drug-likeness (QED) is 0.730. The number of halogens is 2. The topological polar surface area (TPSA) is 43.3 Å². The van der Waals surface area contributed by atoms with E-state index < -0.39 is 0 Å². The van der Waals surface area contributed by atoms with Crippen LogP contribution in [0.2, 0.25) is 10.0 Å². The van der Waals surface area contributed by atoms with Gasteiger partial charge in [0.05, 0.1) is 10.0 Å². The second-order valence-electron chi connectivity index (χ2n) is 4.41.